The molecule has 0 heterocycles. The van der Waals surface area contributed by atoms with Gasteiger partial charge in [0.2, 0.25) is 0 Å². The van der Waals surface area contributed by atoms with E-state index in [-0.39, 0.29) is 0 Å². The second kappa shape index (κ2) is 3.29. The summed E-state index contributed by atoms with van der Waals surface area (Å²) in [5, 5.41) is 0. The van der Waals surface area contributed by atoms with Crippen molar-refractivity contribution in [2.75, 3.05) is 0 Å². The summed E-state index contributed by atoms with van der Waals surface area (Å²) in [7, 11) is 0. The summed E-state index contributed by atoms with van der Waals surface area (Å²) in [4.78, 5) is 0. The lowest BCUT2D eigenvalue weighted by atomic mass is 10.1. The van der Waals surface area contributed by atoms with Gasteiger partial charge in [0.25, 0.3) is 0 Å². The molecular weight excluding hydrogens is 108 g/mol. The van der Waals surface area contributed by atoms with Crippen LogP contribution in [0.15, 0.2) is 36.0 Å². The second-order valence-corrected chi connectivity index (χ2v) is 2.29. The van der Waals surface area contributed by atoms with Crippen molar-refractivity contribution in [2.45, 2.75) is 20.8 Å². The first kappa shape index (κ1) is 8.22. The normalized spacial score (nSPS) is 12.3. The molecule has 0 rings (SSSR count). The molecule has 0 aliphatic rings. The molecule has 0 aliphatic carbocycles. The minimum absolute atomic E-state index is 1.12. The molecule has 0 atom stereocenters. The van der Waals surface area contributed by atoms with E-state index >= 15 is 0 Å². The van der Waals surface area contributed by atoms with Crippen LogP contribution in [0, 0.1) is 0 Å². The maximum absolute atomic E-state index is 3.82. The monoisotopic (exact) mass is 122 g/mol. The third-order valence-electron chi connectivity index (χ3n) is 1.54. The summed E-state index contributed by atoms with van der Waals surface area (Å²) >= 11 is 0. The van der Waals surface area contributed by atoms with E-state index in [1.165, 1.54) is 11.1 Å². The molecular formula is C9H14. The molecule has 0 saturated carbocycles. The number of rotatable bonds is 2. The minimum atomic E-state index is 1.12. The van der Waals surface area contributed by atoms with E-state index < -0.39 is 0 Å². The van der Waals surface area contributed by atoms with Gasteiger partial charge in [-0.2, -0.15) is 0 Å². The second-order valence-electron chi connectivity index (χ2n) is 2.29. The molecule has 0 radical (unpaired) electrons. The molecule has 0 aliphatic heterocycles. The summed E-state index contributed by atoms with van der Waals surface area (Å²) in [6, 6.07) is 0. The van der Waals surface area contributed by atoms with Crippen LogP contribution >= 0.6 is 0 Å². The van der Waals surface area contributed by atoms with Gasteiger partial charge in [-0.15, -0.1) is 0 Å². The Hall–Kier alpha value is -0.780. The average molecular weight is 122 g/mol. The summed E-state index contributed by atoms with van der Waals surface area (Å²) in [6.07, 6.45) is 1.85. The maximum Gasteiger partial charge on any atom is -0.0393 e. The van der Waals surface area contributed by atoms with Crippen LogP contribution in [0.1, 0.15) is 20.8 Å². The van der Waals surface area contributed by atoms with Crippen molar-refractivity contribution in [1.82, 2.24) is 0 Å². The summed E-state index contributed by atoms with van der Waals surface area (Å²) in [5.74, 6) is 0. The van der Waals surface area contributed by atoms with E-state index in [4.69, 9.17) is 0 Å². The standard InChI is InChI=1S/C9H14/c1-6-8(4)9(5)7(2)3/h6H,1-2H2,3-5H3/b9-8-. The summed E-state index contributed by atoms with van der Waals surface area (Å²) < 4.78 is 0. The molecule has 0 heteroatoms. The van der Waals surface area contributed by atoms with Crippen molar-refractivity contribution in [2.24, 2.45) is 0 Å². The Balaban J connectivity index is 4.47. The van der Waals surface area contributed by atoms with E-state index in [1.54, 1.807) is 0 Å². The lowest BCUT2D eigenvalue weighted by molar-refractivity contribution is 1.29. The quantitative estimate of drug-likeness (QED) is 0.494. The van der Waals surface area contributed by atoms with Crippen molar-refractivity contribution >= 4 is 0 Å². The van der Waals surface area contributed by atoms with Gasteiger partial charge in [0.1, 0.15) is 0 Å². The van der Waals surface area contributed by atoms with E-state index in [2.05, 4.69) is 20.1 Å². The zero-order chi connectivity index (χ0) is 7.44. The van der Waals surface area contributed by atoms with Gasteiger partial charge in [0, 0.05) is 0 Å². The molecule has 0 amide bonds. The Morgan fingerprint density at radius 1 is 1.22 bits per heavy atom. The highest BCUT2D eigenvalue weighted by Gasteiger charge is 1.90. The predicted molar refractivity (Wildman–Crippen MR) is 43.4 cm³/mol. The molecule has 0 nitrogen and oxygen atoms in total. The zero-order valence-corrected chi connectivity index (χ0v) is 6.49. The predicted octanol–water partition coefficient (Wildman–Crippen LogP) is 3.08. The minimum Gasteiger partial charge on any atom is -0.0988 e. The summed E-state index contributed by atoms with van der Waals surface area (Å²) in [5.41, 5.74) is 3.57. The SMILES string of the molecule is C=C/C(C)=C(/C)C(=C)C. The Kier molecular flexibility index (Phi) is 3.00. The largest absolute Gasteiger partial charge is 0.0988 e. The number of hydrogen-bond acceptors (Lipinski definition) is 0. The van der Waals surface area contributed by atoms with Gasteiger partial charge >= 0.3 is 0 Å². The van der Waals surface area contributed by atoms with E-state index in [1.807, 2.05) is 19.9 Å². The highest BCUT2D eigenvalue weighted by Crippen LogP contribution is 2.11. The van der Waals surface area contributed by atoms with Crippen LogP contribution in [0.25, 0.3) is 0 Å². The maximum atomic E-state index is 3.82. The molecule has 0 aromatic rings. The molecule has 50 valence electrons. The van der Waals surface area contributed by atoms with Crippen molar-refractivity contribution in [3.05, 3.63) is 36.0 Å². The van der Waals surface area contributed by atoms with E-state index in [0.29, 0.717) is 0 Å². The molecule has 0 aromatic heterocycles. The molecule has 0 fully saturated rings. The molecule has 0 bridgehead atoms. The average Bonchev–Trinajstić information content (AvgIpc) is 1.84. The van der Waals surface area contributed by atoms with Crippen LogP contribution in [0.5, 0.6) is 0 Å². The molecule has 0 N–H and O–H groups in total. The van der Waals surface area contributed by atoms with Crippen LogP contribution < -0.4 is 0 Å². The summed E-state index contributed by atoms with van der Waals surface area (Å²) in [6.45, 7) is 13.6. The van der Waals surface area contributed by atoms with Crippen LogP contribution in [-0.4, -0.2) is 0 Å². The van der Waals surface area contributed by atoms with Gasteiger partial charge in [0.15, 0.2) is 0 Å². The molecule has 0 spiro atoms. The first-order valence-electron chi connectivity index (χ1n) is 3.05. The highest BCUT2D eigenvalue weighted by molar-refractivity contribution is 5.33. The van der Waals surface area contributed by atoms with Gasteiger partial charge in [-0.25, -0.2) is 0 Å². The molecule has 9 heavy (non-hydrogen) atoms. The van der Waals surface area contributed by atoms with Gasteiger partial charge in [0.05, 0.1) is 0 Å². The third-order valence-corrected chi connectivity index (χ3v) is 1.54. The highest BCUT2D eigenvalue weighted by atomic mass is 14.0. The van der Waals surface area contributed by atoms with Gasteiger partial charge < -0.3 is 0 Å². The van der Waals surface area contributed by atoms with Gasteiger partial charge in [-0.1, -0.05) is 24.8 Å². The lowest BCUT2D eigenvalue weighted by Crippen LogP contribution is -1.80. The Morgan fingerprint density at radius 2 is 1.67 bits per heavy atom. The first-order valence-corrected chi connectivity index (χ1v) is 3.05. The van der Waals surface area contributed by atoms with Crippen LogP contribution in [0.3, 0.4) is 0 Å². The Labute approximate surface area is 57.6 Å². The number of hydrogen-bond donors (Lipinski definition) is 0. The fraction of sp³-hybridized carbons (Fsp3) is 0.333. The zero-order valence-electron chi connectivity index (χ0n) is 6.49. The van der Waals surface area contributed by atoms with Crippen molar-refractivity contribution < 1.29 is 0 Å². The van der Waals surface area contributed by atoms with Gasteiger partial charge in [-0.3, -0.25) is 0 Å². The smallest absolute Gasteiger partial charge is 0.0393 e. The lowest BCUT2D eigenvalue weighted by Gasteiger charge is -2.00. The molecule has 0 aromatic carbocycles. The van der Waals surface area contributed by atoms with E-state index in [0.717, 1.165) is 5.57 Å². The first-order chi connectivity index (χ1) is 4.09. The molecule has 0 saturated heterocycles. The Bertz CT molecular complexity index is 159. The Morgan fingerprint density at radius 3 is 1.78 bits per heavy atom. The van der Waals surface area contributed by atoms with Gasteiger partial charge in [-0.05, 0) is 31.9 Å². The van der Waals surface area contributed by atoms with Crippen molar-refractivity contribution in [1.29, 1.82) is 0 Å². The fourth-order valence-electron chi connectivity index (χ4n) is 0.490. The third kappa shape index (κ3) is 2.31. The van der Waals surface area contributed by atoms with Crippen LogP contribution in [-0.2, 0) is 0 Å². The van der Waals surface area contributed by atoms with Crippen molar-refractivity contribution in [3.8, 4) is 0 Å². The van der Waals surface area contributed by atoms with Crippen LogP contribution in [0.2, 0.25) is 0 Å². The van der Waals surface area contributed by atoms with Crippen molar-refractivity contribution in [3.63, 3.8) is 0 Å². The van der Waals surface area contributed by atoms with E-state index in [9.17, 15) is 0 Å². The molecule has 0 unspecified atom stereocenters. The fourth-order valence-corrected chi connectivity index (χ4v) is 0.490. The topological polar surface area (TPSA) is 0 Å². The number of allylic oxidation sites excluding steroid dienone is 4. The van der Waals surface area contributed by atoms with Crippen LogP contribution in [0.4, 0.5) is 0 Å².